The fourth-order valence-electron chi connectivity index (χ4n) is 0.990. The van der Waals surface area contributed by atoms with Gasteiger partial charge in [0.25, 0.3) is 0 Å². The van der Waals surface area contributed by atoms with Crippen LogP contribution in [0.5, 0.6) is 0 Å². The summed E-state index contributed by atoms with van der Waals surface area (Å²) < 4.78 is 4.44. The van der Waals surface area contributed by atoms with Gasteiger partial charge < -0.3 is 15.8 Å². The third-order valence-corrected chi connectivity index (χ3v) is 2.15. The van der Waals surface area contributed by atoms with Crippen LogP contribution in [0, 0.1) is 5.92 Å². The maximum atomic E-state index is 11.2. The van der Waals surface area contributed by atoms with Gasteiger partial charge in [-0.25, -0.2) is 0 Å². The molecule has 1 atom stereocenters. The highest BCUT2D eigenvalue weighted by molar-refractivity contribution is 5.76. The van der Waals surface area contributed by atoms with Crippen molar-refractivity contribution in [3.05, 3.63) is 0 Å². The molecule has 5 nitrogen and oxygen atoms in total. The quantitative estimate of drug-likeness (QED) is 0.589. The Hall–Kier alpha value is -1.10. The Kier molecular flexibility index (Phi) is 7.62. The molecule has 0 radical (unpaired) electrons. The van der Waals surface area contributed by atoms with Crippen molar-refractivity contribution in [1.29, 1.82) is 0 Å². The first kappa shape index (κ1) is 13.9. The molecule has 0 saturated heterocycles. The molecule has 5 heteroatoms. The lowest BCUT2D eigenvalue weighted by Gasteiger charge is -2.08. The molecule has 1 unspecified atom stereocenters. The fraction of sp³-hybridized carbons (Fsp3) is 0.800. The van der Waals surface area contributed by atoms with E-state index in [1.807, 2.05) is 6.92 Å². The molecular formula is C10H20N2O3. The number of esters is 1. The van der Waals surface area contributed by atoms with Crippen molar-refractivity contribution in [1.82, 2.24) is 5.32 Å². The van der Waals surface area contributed by atoms with Crippen LogP contribution in [0.15, 0.2) is 0 Å². The summed E-state index contributed by atoms with van der Waals surface area (Å²) in [6.07, 6.45) is 1.45. The second kappa shape index (κ2) is 8.23. The van der Waals surface area contributed by atoms with Crippen molar-refractivity contribution in [3.8, 4) is 0 Å². The lowest BCUT2D eigenvalue weighted by molar-refractivity contribution is -0.140. The van der Waals surface area contributed by atoms with Crippen molar-refractivity contribution < 1.29 is 14.3 Å². The third kappa shape index (κ3) is 7.93. The number of amides is 1. The minimum Gasteiger partial charge on any atom is -0.469 e. The van der Waals surface area contributed by atoms with E-state index < -0.39 is 0 Å². The average Bonchev–Trinajstić information content (AvgIpc) is 2.25. The van der Waals surface area contributed by atoms with Crippen LogP contribution in [-0.4, -0.2) is 32.1 Å². The average molecular weight is 216 g/mol. The highest BCUT2D eigenvalue weighted by atomic mass is 16.5. The van der Waals surface area contributed by atoms with Crippen LogP contribution in [0.1, 0.15) is 26.2 Å². The number of hydrogen-bond acceptors (Lipinski definition) is 4. The first-order valence-corrected chi connectivity index (χ1v) is 5.13. The van der Waals surface area contributed by atoms with Gasteiger partial charge in [-0.3, -0.25) is 9.59 Å². The van der Waals surface area contributed by atoms with E-state index in [0.717, 1.165) is 6.42 Å². The van der Waals surface area contributed by atoms with Crippen molar-refractivity contribution in [2.45, 2.75) is 26.2 Å². The maximum absolute atomic E-state index is 11.2. The van der Waals surface area contributed by atoms with Crippen LogP contribution in [0.2, 0.25) is 0 Å². The van der Waals surface area contributed by atoms with Gasteiger partial charge >= 0.3 is 5.97 Å². The molecule has 0 aliphatic heterocycles. The Morgan fingerprint density at radius 3 is 2.60 bits per heavy atom. The summed E-state index contributed by atoms with van der Waals surface area (Å²) in [5.41, 5.74) is 5.42. The summed E-state index contributed by atoms with van der Waals surface area (Å²) in [6, 6.07) is 0. The van der Waals surface area contributed by atoms with E-state index in [1.165, 1.54) is 7.11 Å². The van der Waals surface area contributed by atoms with Crippen molar-refractivity contribution >= 4 is 11.9 Å². The van der Waals surface area contributed by atoms with E-state index in [1.54, 1.807) is 0 Å². The Bertz CT molecular complexity index is 207. The molecule has 0 fully saturated rings. The number of rotatable bonds is 7. The molecule has 1 amide bonds. The summed E-state index contributed by atoms with van der Waals surface area (Å²) in [4.78, 5) is 21.9. The first-order chi connectivity index (χ1) is 7.10. The molecule has 0 aromatic rings. The molecule has 0 aromatic heterocycles. The molecule has 0 heterocycles. The predicted molar refractivity (Wildman–Crippen MR) is 57.1 cm³/mol. The van der Waals surface area contributed by atoms with E-state index in [0.29, 0.717) is 25.4 Å². The second-order valence-corrected chi connectivity index (χ2v) is 3.56. The maximum Gasteiger partial charge on any atom is 0.307 e. The standard InChI is InChI=1S/C10H20N2O3/c1-8(7-11)3-4-9(13)12-6-5-10(14)15-2/h8H,3-7,11H2,1-2H3,(H,12,13). The zero-order valence-corrected chi connectivity index (χ0v) is 9.41. The van der Waals surface area contributed by atoms with Gasteiger partial charge in [0, 0.05) is 13.0 Å². The van der Waals surface area contributed by atoms with E-state index in [4.69, 9.17) is 5.73 Å². The molecular weight excluding hydrogens is 196 g/mol. The largest absolute Gasteiger partial charge is 0.469 e. The van der Waals surface area contributed by atoms with Gasteiger partial charge in [0.2, 0.25) is 5.91 Å². The van der Waals surface area contributed by atoms with E-state index in [9.17, 15) is 9.59 Å². The van der Waals surface area contributed by atoms with Crippen LogP contribution in [0.25, 0.3) is 0 Å². The minimum atomic E-state index is -0.314. The monoisotopic (exact) mass is 216 g/mol. The van der Waals surface area contributed by atoms with Crippen molar-refractivity contribution in [2.24, 2.45) is 11.7 Å². The van der Waals surface area contributed by atoms with Gasteiger partial charge in [0.15, 0.2) is 0 Å². The Morgan fingerprint density at radius 1 is 1.40 bits per heavy atom. The van der Waals surface area contributed by atoms with Crippen molar-refractivity contribution in [3.63, 3.8) is 0 Å². The fourth-order valence-corrected chi connectivity index (χ4v) is 0.990. The van der Waals surface area contributed by atoms with Gasteiger partial charge in [0.05, 0.1) is 13.5 Å². The van der Waals surface area contributed by atoms with E-state index in [2.05, 4.69) is 10.1 Å². The van der Waals surface area contributed by atoms with Crippen LogP contribution >= 0.6 is 0 Å². The highest BCUT2D eigenvalue weighted by Gasteiger charge is 2.06. The van der Waals surface area contributed by atoms with Crippen LogP contribution in [0.4, 0.5) is 0 Å². The molecule has 15 heavy (non-hydrogen) atoms. The smallest absolute Gasteiger partial charge is 0.307 e. The number of ether oxygens (including phenoxy) is 1. The minimum absolute atomic E-state index is 0.0424. The first-order valence-electron chi connectivity index (χ1n) is 5.13. The van der Waals surface area contributed by atoms with Crippen LogP contribution in [0.3, 0.4) is 0 Å². The molecule has 0 rings (SSSR count). The Labute approximate surface area is 90.4 Å². The SMILES string of the molecule is COC(=O)CCNC(=O)CCC(C)CN. The zero-order chi connectivity index (χ0) is 11.7. The lowest BCUT2D eigenvalue weighted by Crippen LogP contribution is -2.27. The van der Waals surface area contributed by atoms with E-state index in [-0.39, 0.29) is 18.3 Å². The summed E-state index contributed by atoms with van der Waals surface area (Å²) in [6.45, 7) is 2.93. The molecule has 0 aromatic carbocycles. The Balaban J connectivity index is 3.45. The van der Waals surface area contributed by atoms with Crippen LogP contribution in [-0.2, 0) is 14.3 Å². The summed E-state index contributed by atoms with van der Waals surface area (Å²) in [5, 5.41) is 2.65. The lowest BCUT2D eigenvalue weighted by atomic mass is 10.1. The third-order valence-electron chi connectivity index (χ3n) is 2.15. The molecule has 0 saturated carbocycles. The summed E-state index contributed by atoms with van der Waals surface area (Å²) in [5.74, 6) is 0.00110. The normalized spacial score (nSPS) is 11.9. The molecule has 88 valence electrons. The number of carbonyl (C=O) groups excluding carboxylic acids is 2. The molecule has 0 aliphatic carbocycles. The molecule has 0 spiro atoms. The Morgan fingerprint density at radius 2 is 2.07 bits per heavy atom. The van der Waals surface area contributed by atoms with Crippen LogP contribution < -0.4 is 11.1 Å². The zero-order valence-electron chi connectivity index (χ0n) is 9.41. The number of methoxy groups -OCH3 is 1. The predicted octanol–water partition coefficient (Wildman–Crippen LogP) is 0.0407. The van der Waals surface area contributed by atoms with Gasteiger partial charge in [-0.15, -0.1) is 0 Å². The number of hydrogen-bond donors (Lipinski definition) is 2. The number of nitrogens with one attached hydrogen (secondary N) is 1. The van der Waals surface area contributed by atoms with Gasteiger partial charge in [0.1, 0.15) is 0 Å². The summed E-state index contributed by atoms with van der Waals surface area (Å²) in [7, 11) is 1.33. The van der Waals surface area contributed by atoms with Gasteiger partial charge in [-0.1, -0.05) is 6.92 Å². The van der Waals surface area contributed by atoms with E-state index >= 15 is 0 Å². The molecule has 3 N–H and O–H groups in total. The highest BCUT2D eigenvalue weighted by Crippen LogP contribution is 2.02. The topological polar surface area (TPSA) is 81.4 Å². The number of nitrogens with two attached hydrogens (primary N) is 1. The number of carbonyl (C=O) groups is 2. The molecule has 0 bridgehead atoms. The molecule has 0 aliphatic rings. The summed E-state index contributed by atoms with van der Waals surface area (Å²) >= 11 is 0. The second-order valence-electron chi connectivity index (χ2n) is 3.56. The van der Waals surface area contributed by atoms with Gasteiger partial charge in [-0.2, -0.15) is 0 Å². The van der Waals surface area contributed by atoms with Gasteiger partial charge in [-0.05, 0) is 18.9 Å². The van der Waals surface area contributed by atoms with Crippen molar-refractivity contribution in [2.75, 3.05) is 20.2 Å².